The third-order valence-corrected chi connectivity index (χ3v) is 6.09. The summed E-state index contributed by atoms with van der Waals surface area (Å²) in [7, 11) is 0. The average Bonchev–Trinajstić information content (AvgIpc) is 3.19. The Morgan fingerprint density at radius 3 is 2.06 bits per heavy atom. The molecule has 7 nitrogen and oxygen atoms in total. The van der Waals surface area contributed by atoms with E-state index in [2.05, 4.69) is 5.10 Å². The van der Waals surface area contributed by atoms with Gasteiger partial charge in [0.25, 0.3) is 5.69 Å². The number of nitro benzene ring substituents is 1. The van der Waals surface area contributed by atoms with Gasteiger partial charge in [-0.15, -0.1) is 0 Å². The monoisotopic (exact) mass is 521 g/mol. The normalized spacial score (nSPS) is 10.9. The van der Waals surface area contributed by atoms with Gasteiger partial charge >= 0.3 is 5.97 Å². The fourth-order valence-electron chi connectivity index (χ4n) is 3.17. The van der Waals surface area contributed by atoms with Gasteiger partial charge in [-0.1, -0.05) is 42.1 Å². The van der Waals surface area contributed by atoms with Gasteiger partial charge in [-0.05, 0) is 25.1 Å². The quantitative estimate of drug-likeness (QED) is 0.0755. The van der Waals surface area contributed by atoms with E-state index in [0.717, 1.165) is 16.8 Å². The molecule has 0 bridgehead atoms. The SMILES string of the molecule is Cc1nn(-c2ccccc2)c(OC(=O)c2ccccc2[N+](=O)[O-])c1Sc1c(F)c(F)c(F)c(F)c1F. The van der Waals surface area contributed by atoms with E-state index in [4.69, 9.17) is 4.74 Å². The molecule has 13 heteroatoms. The van der Waals surface area contributed by atoms with Crippen LogP contribution >= 0.6 is 11.8 Å². The summed E-state index contributed by atoms with van der Waals surface area (Å²) in [6.07, 6.45) is 0. The van der Waals surface area contributed by atoms with Gasteiger partial charge in [0.2, 0.25) is 11.7 Å². The topological polar surface area (TPSA) is 87.3 Å². The molecular formula is C23H12F5N3O4S. The summed E-state index contributed by atoms with van der Waals surface area (Å²) in [4.78, 5) is 22.0. The van der Waals surface area contributed by atoms with E-state index in [1.54, 1.807) is 30.3 Å². The van der Waals surface area contributed by atoms with Gasteiger partial charge in [0, 0.05) is 6.07 Å². The van der Waals surface area contributed by atoms with Crippen molar-refractivity contribution in [1.82, 2.24) is 9.78 Å². The Bertz CT molecular complexity index is 1480. The minimum Gasteiger partial charge on any atom is -0.402 e. The minimum atomic E-state index is -2.32. The maximum atomic E-state index is 14.4. The summed E-state index contributed by atoms with van der Waals surface area (Å²) >= 11 is 0.103. The fourth-order valence-corrected chi connectivity index (χ4v) is 4.13. The Hall–Kier alpha value is -4.26. The largest absolute Gasteiger partial charge is 0.402 e. The number of halogens is 5. The maximum Gasteiger partial charge on any atom is 0.351 e. The van der Waals surface area contributed by atoms with Crippen molar-refractivity contribution in [2.75, 3.05) is 0 Å². The van der Waals surface area contributed by atoms with E-state index < -0.39 is 62.0 Å². The Kier molecular flexibility index (Phi) is 6.75. The number of aromatic nitrogens is 2. The molecule has 0 atom stereocenters. The second kappa shape index (κ2) is 9.77. The summed E-state index contributed by atoms with van der Waals surface area (Å²) in [5.41, 5.74) is -0.680. The number of aryl methyl sites for hydroxylation is 1. The Morgan fingerprint density at radius 1 is 0.889 bits per heavy atom. The van der Waals surface area contributed by atoms with Crippen molar-refractivity contribution in [3.8, 4) is 11.6 Å². The third kappa shape index (κ3) is 4.40. The molecule has 4 rings (SSSR count). The zero-order valence-corrected chi connectivity index (χ0v) is 18.8. The first-order valence-corrected chi connectivity index (χ1v) is 10.7. The van der Waals surface area contributed by atoms with Crippen molar-refractivity contribution in [2.24, 2.45) is 0 Å². The van der Waals surface area contributed by atoms with Crippen LogP contribution in [0.1, 0.15) is 16.1 Å². The summed E-state index contributed by atoms with van der Waals surface area (Å²) in [6, 6.07) is 12.9. The molecule has 0 fully saturated rings. The molecule has 4 aromatic rings. The summed E-state index contributed by atoms with van der Waals surface area (Å²) in [6.45, 7) is 1.36. The Morgan fingerprint density at radius 2 is 1.44 bits per heavy atom. The third-order valence-electron chi connectivity index (χ3n) is 4.85. The number of hydrogen-bond acceptors (Lipinski definition) is 6. The van der Waals surface area contributed by atoms with E-state index in [9.17, 15) is 36.9 Å². The zero-order valence-electron chi connectivity index (χ0n) is 18.0. The lowest BCUT2D eigenvalue weighted by molar-refractivity contribution is -0.385. The average molecular weight is 521 g/mol. The minimum absolute atomic E-state index is 0.0122. The van der Waals surface area contributed by atoms with E-state index in [1.165, 1.54) is 19.1 Å². The molecule has 0 radical (unpaired) electrons. The van der Waals surface area contributed by atoms with Gasteiger partial charge in [0.15, 0.2) is 23.3 Å². The lowest BCUT2D eigenvalue weighted by Gasteiger charge is -2.11. The maximum absolute atomic E-state index is 14.4. The van der Waals surface area contributed by atoms with Crippen LogP contribution in [0.15, 0.2) is 64.4 Å². The number of hydrogen-bond donors (Lipinski definition) is 0. The van der Waals surface area contributed by atoms with Gasteiger partial charge in [0.1, 0.15) is 5.56 Å². The number of nitrogens with zero attached hydrogens (tertiary/aromatic N) is 3. The van der Waals surface area contributed by atoms with E-state index >= 15 is 0 Å². The van der Waals surface area contributed by atoms with Crippen LogP contribution in [0.5, 0.6) is 5.88 Å². The van der Waals surface area contributed by atoms with Crippen LogP contribution in [0.2, 0.25) is 0 Å². The van der Waals surface area contributed by atoms with Crippen LogP contribution in [0.4, 0.5) is 27.6 Å². The van der Waals surface area contributed by atoms with Crippen molar-refractivity contribution in [1.29, 1.82) is 0 Å². The van der Waals surface area contributed by atoms with Crippen molar-refractivity contribution in [3.05, 3.63) is 105 Å². The van der Waals surface area contributed by atoms with E-state index in [0.29, 0.717) is 5.69 Å². The molecule has 36 heavy (non-hydrogen) atoms. The van der Waals surface area contributed by atoms with Gasteiger partial charge in [-0.2, -0.15) is 9.78 Å². The zero-order chi connectivity index (χ0) is 26.1. The molecule has 0 N–H and O–H groups in total. The lowest BCUT2D eigenvalue weighted by Crippen LogP contribution is -2.14. The fraction of sp³-hybridized carbons (Fsp3) is 0.0435. The van der Waals surface area contributed by atoms with Gasteiger partial charge < -0.3 is 4.74 Å². The van der Waals surface area contributed by atoms with Crippen molar-refractivity contribution < 1.29 is 36.4 Å². The molecule has 3 aromatic carbocycles. The summed E-state index contributed by atoms with van der Waals surface area (Å²) in [5.74, 6) is -12.5. The van der Waals surface area contributed by atoms with Crippen LogP contribution in [-0.2, 0) is 0 Å². The van der Waals surface area contributed by atoms with Crippen LogP contribution in [0.3, 0.4) is 0 Å². The van der Waals surface area contributed by atoms with Crippen molar-refractivity contribution >= 4 is 23.4 Å². The Labute approximate surface area is 203 Å². The highest BCUT2D eigenvalue weighted by Gasteiger charge is 2.31. The molecule has 0 unspecified atom stereocenters. The Balaban J connectivity index is 1.87. The summed E-state index contributed by atoms with van der Waals surface area (Å²) in [5, 5.41) is 15.5. The predicted octanol–water partition coefficient (Wildman–Crippen LogP) is 6.15. The highest BCUT2D eigenvalue weighted by atomic mass is 32.2. The number of nitro groups is 1. The molecule has 0 saturated heterocycles. The summed E-state index contributed by atoms with van der Waals surface area (Å²) < 4.78 is 76.3. The predicted molar refractivity (Wildman–Crippen MR) is 117 cm³/mol. The molecule has 184 valence electrons. The first-order chi connectivity index (χ1) is 17.1. The highest BCUT2D eigenvalue weighted by Crippen LogP contribution is 2.42. The highest BCUT2D eigenvalue weighted by molar-refractivity contribution is 7.99. The second-order valence-corrected chi connectivity index (χ2v) is 8.15. The number of carbonyl (C=O) groups excluding carboxylic acids is 1. The molecule has 0 aliphatic carbocycles. The molecule has 0 saturated carbocycles. The molecule has 0 aliphatic rings. The molecular weight excluding hydrogens is 509 g/mol. The van der Waals surface area contributed by atoms with Gasteiger partial charge in [-0.25, -0.2) is 26.7 Å². The molecule has 1 heterocycles. The number of benzene rings is 3. The standard InChI is InChI=1S/C23H12F5N3O4S/c1-11-20(36-21-18(27)16(25)15(24)17(26)19(21)28)22(30(29-11)12-7-3-2-4-8-12)35-23(32)13-9-5-6-10-14(13)31(33)34/h2-10H,1H3. The molecule has 1 aromatic heterocycles. The van der Waals surface area contributed by atoms with Crippen LogP contribution in [-0.4, -0.2) is 20.7 Å². The van der Waals surface area contributed by atoms with Crippen LogP contribution < -0.4 is 4.74 Å². The van der Waals surface area contributed by atoms with Crippen LogP contribution in [0, 0.1) is 46.1 Å². The van der Waals surface area contributed by atoms with E-state index in [-0.39, 0.29) is 22.4 Å². The smallest absolute Gasteiger partial charge is 0.351 e. The van der Waals surface area contributed by atoms with Crippen LogP contribution in [0.25, 0.3) is 5.69 Å². The van der Waals surface area contributed by atoms with Crippen molar-refractivity contribution in [2.45, 2.75) is 16.7 Å². The van der Waals surface area contributed by atoms with Crippen molar-refractivity contribution in [3.63, 3.8) is 0 Å². The lowest BCUT2D eigenvalue weighted by atomic mass is 10.2. The number of rotatable bonds is 6. The number of ether oxygens (including phenoxy) is 1. The number of carbonyl (C=O) groups is 1. The first-order valence-electron chi connectivity index (χ1n) is 9.91. The van der Waals surface area contributed by atoms with Gasteiger partial charge in [0.05, 0.1) is 26.1 Å². The number of para-hydroxylation sites is 2. The molecule has 0 spiro atoms. The van der Waals surface area contributed by atoms with E-state index in [1.807, 2.05) is 0 Å². The first kappa shape index (κ1) is 24.9. The molecule has 0 amide bonds. The number of esters is 1. The molecule has 0 aliphatic heterocycles. The second-order valence-electron chi connectivity index (χ2n) is 7.13. The van der Waals surface area contributed by atoms with Gasteiger partial charge in [-0.3, -0.25) is 10.1 Å².